The van der Waals surface area contributed by atoms with Gasteiger partial charge in [0.1, 0.15) is 9.84 Å². The van der Waals surface area contributed by atoms with Gasteiger partial charge in [-0.25, -0.2) is 9.97 Å². The first-order valence-electron chi connectivity index (χ1n) is 8.89. The van der Waals surface area contributed by atoms with E-state index >= 15 is 0 Å². The van der Waals surface area contributed by atoms with Gasteiger partial charge in [-0.1, -0.05) is 23.7 Å². The minimum Gasteiger partial charge on any atom is -0.293 e. The third kappa shape index (κ3) is 3.12. The van der Waals surface area contributed by atoms with Crippen LogP contribution in [0.5, 0.6) is 0 Å². The summed E-state index contributed by atoms with van der Waals surface area (Å²) >= 11 is 9.21. The Hall–Kier alpha value is -2.02. The highest BCUT2D eigenvalue weighted by Crippen LogP contribution is 2.33. The van der Waals surface area contributed by atoms with Crippen LogP contribution in [-0.2, 0) is 19.4 Å². The molecule has 1 aliphatic carbocycles. The molecule has 4 aromatic rings. The molecule has 27 heavy (non-hydrogen) atoms. The zero-order valence-corrected chi connectivity index (χ0v) is 16.8. The summed E-state index contributed by atoms with van der Waals surface area (Å²) in [7, 11) is 0. The van der Waals surface area contributed by atoms with E-state index in [4.69, 9.17) is 16.6 Å². The number of aromatic nitrogens is 3. The maximum absolute atomic E-state index is 13.1. The fourth-order valence-electron chi connectivity index (χ4n) is 3.57. The number of rotatable bonds is 3. The zero-order chi connectivity index (χ0) is 18.4. The molecule has 0 bridgehead atoms. The molecule has 3 aromatic heterocycles. The van der Waals surface area contributed by atoms with Gasteiger partial charge in [-0.05, 0) is 43.4 Å². The van der Waals surface area contributed by atoms with Crippen molar-refractivity contribution in [1.82, 2.24) is 14.5 Å². The van der Waals surface area contributed by atoms with Gasteiger partial charge in [0, 0.05) is 20.8 Å². The van der Waals surface area contributed by atoms with Crippen LogP contribution in [0.2, 0.25) is 5.02 Å². The molecule has 4 nitrogen and oxygen atoms in total. The second-order valence-electron chi connectivity index (χ2n) is 6.72. The minimum absolute atomic E-state index is 0.0560. The molecule has 0 atom stereocenters. The Morgan fingerprint density at radius 1 is 1.15 bits per heavy atom. The average molecular weight is 414 g/mol. The van der Waals surface area contributed by atoms with Gasteiger partial charge in [-0.2, -0.15) is 0 Å². The normalized spacial score (nSPS) is 13.8. The molecule has 136 valence electrons. The number of thiophene rings is 1. The summed E-state index contributed by atoms with van der Waals surface area (Å²) in [6, 6.07) is 7.64. The maximum atomic E-state index is 13.1. The van der Waals surface area contributed by atoms with Crippen LogP contribution in [0.3, 0.4) is 0 Å². The van der Waals surface area contributed by atoms with Crippen molar-refractivity contribution in [3.63, 3.8) is 0 Å². The lowest BCUT2D eigenvalue weighted by Crippen LogP contribution is -2.21. The highest BCUT2D eigenvalue weighted by molar-refractivity contribution is 7.18. The molecule has 0 saturated carbocycles. The van der Waals surface area contributed by atoms with E-state index in [0.717, 1.165) is 45.7 Å². The van der Waals surface area contributed by atoms with E-state index in [1.807, 2.05) is 29.6 Å². The molecule has 0 saturated heterocycles. The van der Waals surface area contributed by atoms with Crippen molar-refractivity contribution in [3.8, 4) is 10.6 Å². The van der Waals surface area contributed by atoms with Crippen LogP contribution >= 0.6 is 34.3 Å². The van der Waals surface area contributed by atoms with Gasteiger partial charge in [0.05, 0.1) is 24.0 Å². The van der Waals surface area contributed by atoms with Crippen LogP contribution in [0.25, 0.3) is 20.8 Å². The summed E-state index contributed by atoms with van der Waals surface area (Å²) < 4.78 is 1.69. The number of hydrogen-bond acceptors (Lipinski definition) is 5. The summed E-state index contributed by atoms with van der Waals surface area (Å²) in [5, 5.41) is 4.46. The number of benzene rings is 1. The van der Waals surface area contributed by atoms with Crippen LogP contribution in [0.15, 0.2) is 40.8 Å². The Morgan fingerprint density at radius 3 is 2.81 bits per heavy atom. The van der Waals surface area contributed by atoms with Crippen molar-refractivity contribution in [2.75, 3.05) is 0 Å². The number of halogens is 1. The fraction of sp³-hybridized carbons (Fsp3) is 0.250. The number of thiazole rings is 1. The van der Waals surface area contributed by atoms with E-state index in [-0.39, 0.29) is 5.56 Å². The first-order valence-corrected chi connectivity index (χ1v) is 11.0. The number of nitrogens with zero attached hydrogens (tertiary/aromatic N) is 3. The molecule has 0 aliphatic heterocycles. The molecule has 0 amide bonds. The van der Waals surface area contributed by atoms with E-state index in [9.17, 15) is 4.79 Å². The van der Waals surface area contributed by atoms with Gasteiger partial charge in [0.15, 0.2) is 0 Å². The van der Waals surface area contributed by atoms with E-state index in [2.05, 4.69) is 4.98 Å². The predicted molar refractivity (Wildman–Crippen MR) is 112 cm³/mol. The van der Waals surface area contributed by atoms with Crippen LogP contribution in [0.1, 0.15) is 29.0 Å². The quantitative estimate of drug-likeness (QED) is 0.466. The molecular weight excluding hydrogens is 398 g/mol. The van der Waals surface area contributed by atoms with E-state index in [1.165, 1.54) is 16.9 Å². The molecule has 0 spiro atoms. The summed E-state index contributed by atoms with van der Waals surface area (Å²) in [4.78, 5) is 24.5. The SMILES string of the molecule is O=c1c2c3c(sc2ncn1Cc1csc(-c2ccc(Cl)cc2)n1)CCCC3. The maximum Gasteiger partial charge on any atom is 0.262 e. The Bertz CT molecular complexity index is 1190. The van der Waals surface area contributed by atoms with Gasteiger partial charge >= 0.3 is 0 Å². The molecule has 1 aliphatic rings. The standard InChI is InChI=1S/C20H16ClN3OS2/c21-13-7-5-12(6-8-13)18-23-14(10-26-18)9-24-11-22-19-17(20(24)25)15-3-1-2-4-16(15)27-19/h5-8,10-11H,1-4,9H2. The Morgan fingerprint density at radius 2 is 1.96 bits per heavy atom. The molecular formula is C20H16ClN3OS2. The highest BCUT2D eigenvalue weighted by Gasteiger charge is 2.20. The molecule has 0 unspecified atom stereocenters. The molecule has 7 heteroatoms. The third-order valence-corrected chi connectivity index (χ3v) is 7.31. The number of aryl methyl sites for hydroxylation is 2. The minimum atomic E-state index is 0.0560. The molecule has 5 rings (SSSR count). The number of fused-ring (bicyclic) bond motifs is 3. The van der Waals surface area contributed by atoms with Crippen LogP contribution < -0.4 is 5.56 Å². The van der Waals surface area contributed by atoms with Crippen molar-refractivity contribution < 1.29 is 0 Å². The van der Waals surface area contributed by atoms with Crippen molar-refractivity contribution in [1.29, 1.82) is 0 Å². The topological polar surface area (TPSA) is 47.8 Å². The third-order valence-electron chi connectivity index (χ3n) is 4.92. The lowest BCUT2D eigenvalue weighted by molar-refractivity contribution is 0.696. The van der Waals surface area contributed by atoms with Crippen molar-refractivity contribution in [2.24, 2.45) is 0 Å². The first kappa shape index (κ1) is 17.1. The van der Waals surface area contributed by atoms with Gasteiger partial charge in [-0.3, -0.25) is 9.36 Å². The highest BCUT2D eigenvalue weighted by atomic mass is 35.5. The van der Waals surface area contributed by atoms with E-state index in [0.29, 0.717) is 11.6 Å². The average Bonchev–Trinajstić information content (AvgIpc) is 3.29. The fourth-order valence-corrected chi connectivity index (χ4v) is 5.74. The Labute approximate surface area is 169 Å². The second kappa shape index (κ2) is 6.86. The first-order chi connectivity index (χ1) is 13.2. The van der Waals surface area contributed by atoms with Gasteiger partial charge < -0.3 is 0 Å². The van der Waals surface area contributed by atoms with Gasteiger partial charge in [0.25, 0.3) is 5.56 Å². The number of hydrogen-bond donors (Lipinski definition) is 0. The monoisotopic (exact) mass is 413 g/mol. The summed E-state index contributed by atoms with van der Waals surface area (Å²) in [6.07, 6.45) is 6.10. The second-order valence-corrected chi connectivity index (χ2v) is 9.10. The van der Waals surface area contributed by atoms with Gasteiger partial charge in [-0.15, -0.1) is 22.7 Å². The Balaban J connectivity index is 1.49. The summed E-state index contributed by atoms with van der Waals surface area (Å²) in [5.74, 6) is 0. The van der Waals surface area contributed by atoms with Gasteiger partial charge in [0.2, 0.25) is 0 Å². The predicted octanol–water partition coefficient (Wildman–Crippen LogP) is 5.16. The lowest BCUT2D eigenvalue weighted by atomic mass is 9.97. The van der Waals surface area contributed by atoms with E-state index < -0.39 is 0 Å². The molecule has 3 heterocycles. The summed E-state index contributed by atoms with van der Waals surface area (Å²) in [6.45, 7) is 0.441. The molecule has 0 radical (unpaired) electrons. The van der Waals surface area contributed by atoms with Crippen molar-refractivity contribution >= 4 is 44.5 Å². The summed E-state index contributed by atoms with van der Waals surface area (Å²) in [5.41, 5.74) is 3.19. The molecule has 0 N–H and O–H groups in total. The smallest absolute Gasteiger partial charge is 0.262 e. The zero-order valence-electron chi connectivity index (χ0n) is 14.4. The van der Waals surface area contributed by atoms with Crippen LogP contribution in [0.4, 0.5) is 0 Å². The molecule has 1 aromatic carbocycles. The lowest BCUT2D eigenvalue weighted by Gasteiger charge is -2.10. The van der Waals surface area contributed by atoms with Crippen molar-refractivity contribution in [2.45, 2.75) is 32.2 Å². The van der Waals surface area contributed by atoms with Crippen LogP contribution in [-0.4, -0.2) is 14.5 Å². The van der Waals surface area contributed by atoms with Crippen molar-refractivity contribution in [3.05, 3.63) is 67.5 Å². The Kier molecular flexibility index (Phi) is 4.34. The van der Waals surface area contributed by atoms with E-state index in [1.54, 1.807) is 33.6 Å². The largest absolute Gasteiger partial charge is 0.293 e. The van der Waals surface area contributed by atoms with Crippen LogP contribution in [0, 0.1) is 0 Å². The molecule has 0 fully saturated rings.